The van der Waals surface area contributed by atoms with Crippen LogP contribution in [-0.2, 0) is 0 Å². The van der Waals surface area contributed by atoms with Gasteiger partial charge in [0.1, 0.15) is 0 Å². The molecule has 9 heteroatoms. The Balaban J connectivity index is 2.19. The van der Waals surface area contributed by atoms with Gasteiger partial charge >= 0.3 is 0 Å². The molecule has 0 heterocycles. The van der Waals surface area contributed by atoms with Gasteiger partial charge in [-0.3, -0.25) is 15.6 Å². The lowest BCUT2D eigenvalue weighted by Gasteiger charge is -2.13. The van der Waals surface area contributed by atoms with Crippen LogP contribution in [0.5, 0.6) is 0 Å². The predicted octanol–water partition coefficient (Wildman–Crippen LogP) is 5.34. The monoisotopic (exact) mass is 384 g/mol. The first-order chi connectivity index (χ1) is 10.3. The summed E-state index contributed by atoms with van der Waals surface area (Å²) in [5.41, 5.74) is 4.64. The number of hydrogen-bond acceptors (Lipinski definition) is 2. The molecule has 1 amide bonds. The third-order valence-corrected chi connectivity index (χ3v) is 3.69. The molecule has 0 saturated heterocycles. The van der Waals surface area contributed by atoms with Crippen molar-refractivity contribution < 1.29 is 13.6 Å². The van der Waals surface area contributed by atoms with Crippen LogP contribution in [-0.4, -0.2) is 5.91 Å². The topological polar surface area (TPSA) is 41.1 Å². The van der Waals surface area contributed by atoms with E-state index >= 15 is 0 Å². The summed E-state index contributed by atoms with van der Waals surface area (Å²) in [7, 11) is 0. The second kappa shape index (κ2) is 6.87. The Morgan fingerprint density at radius 3 is 2.00 bits per heavy atom. The number of rotatable bonds is 3. The molecule has 2 N–H and O–H groups in total. The Morgan fingerprint density at radius 2 is 1.41 bits per heavy atom. The van der Waals surface area contributed by atoms with Gasteiger partial charge in [-0.1, -0.05) is 46.4 Å². The molecule has 116 valence electrons. The minimum absolute atomic E-state index is 0.161. The number of nitrogens with one attached hydrogen (secondary N) is 2. The molecule has 22 heavy (non-hydrogen) atoms. The van der Waals surface area contributed by atoms with Gasteiger partial charge in [0.15, 0.2) is 11.6 Å². The highest BCUT2D eigenvalue weighted by Gasteiger charge is 2.16. The normalized spacial score (nSPS) is 10.5. The summed E-state index contributed by atoms with van der Waals surface area (Å²) < 4.78 is 26.1. The van der Waals surface area contributed by atoms with E-state index in [0.717, 1.165) is 0 Å². The Labute approximate surface area is 144 Å². The van der Waals surface area contributed by atoms with Crippen molar-refractivity contribution in [3.63, 3.8) is 0 Å². The first-order valence-corrected chi connectivity index (χ1v) is 7.16. The molecule has 0 bridgehead atoms. The fraction of sp³-hybridized carbons (Fsp3) is 0. The predicted molar refractivity (Wildman–Crippen MR) is 83.9 cm³/mol. The zero-order chi connectivity index (χ0) is 16.4. The molecule has 2 rings (SSSR count). The molecular weight excluding hydrogens is 380 g/mol. The molecule has 0 aliphatic heterocycles. The van der Waals surface area contributed by atoms with Crippen LogP contribution in [0, 0.1) is 11.6 Å². The maximum atomic E-state index is 13.2. The average Bonchev–Trinajstić information content (AvgIpc) is 2.41. The highest BCUT2D eigenvalue weighted by Crippen LogP contribution is 2.33. The van der Waals surface area contributed by atoms with Gasteiger partial charge in [-0.25, -0.2) is 8.78 Å². The Bertz CT molecular complexity index is 732. The van der Waals surface area contributed by atoms with Gasteiger partial charge in [0.05, 0.1) is 26.3 Å². The van der Waals surface area contributed by atoms with Gasteiger partial charge < -0.3 is 0 Å². The lowest BCUT2D eigenvalue weighted by molar-refractivity contribution is 0.0962. The maximum Gasteiger partial charge on any atom is 0.271 e. The lowest BCUT2D eigenvalue weighted by Crippen LogP contribution is -2.30. The molecule has 0 spiro atoms. The van der Waals surface area contributed by atoms with E-state index in [1.54, 1.807) is 0 Å². The van der Waals surface area contributed by atoms with Gasteiger partial charge in [0, 0.05) is 5.02 Å². The van der Waals surface area contributed by atoms with Gasteiger partial charge in [0.2, 0.25) is 0 Å². The maximum absolute atomic E-state index is 13.2. The summed E-state index contributed by atoms with van der Waals surface area (Å²) >= 11 is 23.3. The second-order valence-corrected chi connectivity index (χ2v) is 5.73. The van der Waals surface area contributed by atoms with Crippen LogP contribution in [0.4, 0.5) is 14.5 Å². The molecule has 0 saturated carbocycles. The van der Waals surface area contributed by atoms with E-state index in [1.807, 2.05) is 0 Å². The third-order valence-electron chi connectivity index (χ3n) is 2.56. The van der Waals surface area contributed by atoms with Crippen molar-refractivity contribution >= 4 is 58.0 Å². The van der Waals surface area contributed by atoms with Crippen LogP contribution in [0.2, 0.25) is 20.1 Å². The van der Waals surface area contributed by atoms with Crippen molar-refractivity contribution in [3.05, 3.63) is 61.6 Å². The van der Waals surface area contributed by atoms with Crippen LogP contribution in [0.25, 0.3) is 0 Å². The van der Waals surface area contributed by atoms with Crippen molar-refractivity contribution in [2.45, 2.75) is 0 Å². The van der Waals surface area contributed by atoms with Crippen LogP contribution < -0.4 is 10.9 Å². The first-order valence-electron chi connectivity index (χ1n) is 5.65. The summed E-state index contributed by atoms with van der Waals surface area (Å²) in [6.07, 6.45) is 0. The highest BCUT2D eigenvalue weighted by atomic mass is 35.5. The molecule has 2 aromatic rings. The van der Waals surface area contributed by atoms with E-state index in [-0.39, 0.29) is 26.3 Å². The van der Waals surface area contributed by atoms with Crippen molar-refractivity contribution in [1.29, 1.82) is 0 Å². The minimum Gasteiger partial charge on any atom is -0.295 e. The van der Waals surface area contributed by atoms with Crippen molar-refractivity contribution in [3.8, 4) is 0 Å². The van der Waals surface area contributed by atoms with Gasteiger partial charge in [-0.05, 0) is 24.3 Å². The summed E-state index contributed by atoms with van der Waals surface area (Å²) in [5, 5.41) is 0.394. The van der Waals surface area contributed by atoms with Crippen molar-refractivity contribution in [1.82, 2.24) is 5.43 Å². The fourth-order valence-electron chi connectivity index (χ4n) is 1.54. The van der Waals surface area contributed by atoms with Crippen LogP contribution >= 0.6 is 46.4 Å². The highest BCUT2D eigenvalue weighted by molar-refractivity contribution is 6.41. The number of amides is 1. The molecule has 0 aromatic heterocycles. The number of benzene rings is 2. The second-order valence-electron chi connectivity index (χ2n) is 4.07. The molecule has 0 atom stereocenters. The Kier molecular flexibility index (Phi) is 5.34. The zero-order valence-corrected chi connectivity index (χ0v) is 13.5. The van der Waals surface area contributed by atoms with E-state index in [2.05, 4.69) is 10.9 Å². The molecule has 2 aromatic carbocycles. The quantitative estimate of drug-likeness (QED) is 0.553. The Morgan fingerprint density at radius 1 is 0.864 bits per heavy atom. The van der Waals surface area contributed by atoms with E-state index in [0.29, 0.717) is 17.2 Å². The number of carbonyl (C=O) groups is 1. The van der Waals surface area contributed by atoms with Crippen LogP contribution in [0.1, 0.15) is 10.4 Å². The lowest BCUT2D eigenvalue weighted by atomic mass is 10.2. The average molecular weight is 386 g/mol. The SMILES string of the molecule is O=C(NNc1c(Cl)cc(Cl)cc1Cl)c1cc(F)c(F)cc1Cl. The molecule has 0 aliphatic rings. The standard InChI is InChI=1S/C13H6Cl4F2N2O/c14-5-1-8(16)12(9(17)2-5)20-21-13(22)6-3-10(18)11(19)4-7(6)15/h1-4,20H,(H,21,22). The molecule has 3 nitrogen and oxygen atoms in total. The molecule has 0 unspecified atom stereocenters. The summed E-state index contributed by atoms with van der Waals surface area (Å²) in [4.78, 5) is 11.9. The van der Waals surface area contributed by atoms with E-state index < -0.39 is 17.5 Å². The Hall–Kier alpha value is -1.27. The fourth-order valence-corrected chi connectivity index (χ4v) is 2.69. The summed E-state index contributed by atoms with van der Waals surface area (Å²) in [6.45, 7) is 0. The molecule has 0 radical (unpaired) electrons. The number of carbonyl (C=O) groups excluding carboxylic acids is 1. The van der Waals surface area contributed by atoms with Crippen LogP contribution in [0.15, 0.2) is 24.3 Å². The van der Waals surface area contributed by atoms with Gasteiger partial charge in [-0.2, -0.15) is 0 Å². The number of hydrazine groups is 1. The van der Waals surface area contributed by atoms with Gasteiger partial charge in [0.25, 0.3) is 5.91 Å². The molecule has 0 aliphatic carbocycles. The number of anilines is 1. The number of halogens is 6. The number of hydrogen-bond donors (Lipinski definition) is 2. The van der Waals surface area contributed by atoms with E-state index in [1.165, 1.54) is 12.1 Å². The van der Waals surface area contributed by atoms with Gasteiger partial charge in [-0.15, -0.1) is 0 Å². The van der Waals surface area contributed by atoms with Crippen LogP contribution in [0.3, 0.4) is 0 Å². The summed E-state index contributed by atoms with van der Waals surface area (Å²) in [5.74, 6) is -3.15. The van der Waals surface area contributed by atoms with Crippen molar-refractivity contribution in [2.75, 3.05) is 5.43 Å². The summed E-state index contributed by atoms with van der Waals surface area (Å²) in [6, 6.07) is 4.20. The van der Waals surface area contributed by atoms with Crippen molar-refractivity contribution in [2.24, 2.45) is 0 Å². The van der Waals surface area contributed by atoms with E-state index in [4.69, 9.17) is 46.4 Å². The molecular formula is C13H6Cl4F2N2O. The minimum atomic E-state index is -1.20. The van der Waals surface area contributed by atoms with E-state index in [9.17, 15) is 13.6 Å². The largest absolute Gasteiger partial charge is 0.295 e. The smallest absolute Gasteiger partial charge is 0.271 e. The third kappa shape index (κ3) is 3.73. The zero-order valence-electron chi connectivity index (χ0n) is 10.5. The molecule has 0 fully saturated rings. The first kappa shape index (κ1) is 17.1.